The Labute approximate surface area is 135 Å². The van der Waals surface area contributed by atoms with Gasteiger partial charge in [-0.3, -0.25) is 4.79 Å². The molecule has 0 bridgehead atoms. The second kappa shape index (κ2) is 8.45. The topological polar surface area (TPSA) is 40.5 Å². The molecule has 1 saturated carbocycles. The van der Waals surface area contributed by atoms with Crippen molar-refractivity contribution < 1.29 is 9.90 Å². The van der Waals surface area contributed by atoms with Crippen LogP contribution in [-0.2, 0) is 4.79 Å². The van der Waals surface area contributed by atoms with E-state index in [9.17, 15) is 9.90 Å². The first-order valence-electron chi connectivity index (χ1n) is 7.43. The number of aliphatic carboxylic acids is 1. The maximum absolute atomic E-state index is 11.3. The van der Waals surface area contributed by atoms with E-state index >= 15 is 0 Å². The molecule has 0 aromatic heterocycles. The predicted octanol–water partition coefficient (Wildman–Crippen LogP) is 3.84. The minimum atomic E-state index is -0.572. The number of likely N-dealkylation sites (tertiary alicyclic amines) is 1. The minimum absolute atomic E-state index is 0. The molecular weight excluding hydrogens is 297 g/mol. The van der Waals surface area contributed by atoms with Crippen LogP contribution in [0.15, 0.2) is 0 Å². The Kier molecular flexibility index (Phi) is 8.46. The molecule has 0 aromatic carbocycles. The Morgan fingerprint density at radius 1 is 1.15 bits per heavy atom. The van der Waals surface area contributed by atoms with Crippen LogP contribution in [0.5, 0.6) is 0 Å². The van der Waals surface area contributed by atoms with Crippen LogP contribution in [0, 0.1) is 17.3 Å². The first-order chi connectivity index (χ1) is 8.48. The summed E-state index contributed by atoms with van der Waals surface area (Å²) in [6.45, 7) is 7.98. The van der Waals surface area contributed by atoms with E-state index in [2.05, 4.69) is 18.7 Å². The summed E-state index contributed by atoms with van der Waals surface area (Å²) in [4.78, 5) is 13.8. The van der Waals surface area contributed by atoms with Crippen molar-refractivity contribution in [1.29, 1.82) is 0 Å². The van der Waals surface area contributed by atoms with Crippen LogP contribution in [-0.4, -0.2) is 35.6 Å². The smallest absolute Gasteiger partial charge is 0.306 e. The van der Waals surface area contributed by atoms with Crippen LogP contribution >= 0.6 is 24.8 Å². The molecule has 5 heteroatoms. The van der Waals surface area contributed by atoms with E-state index in [0.29, 0.717) is 11.3 Å². The fourth-order valence-corrected chi connectivity index (χ4v) is 3.42. The lowest BCUT2D eigenvalue weighted by Gasteiger charge is -2.40. The first kappa shape index (κ1) is 20.0. The van der Waals surface area contributed by atoms with Gasteiger partial charge in [-0.1, -0.05) is 26.7 Å². The molecule has 1 aliphatic heterocycles. The van der Waals surface area contributed by atoms with Crippen LogP contribution < -0.4 is 0 Å². The van der Waals surface area contributed by atoms with Gasteiger partial charge in [0.15, 0.2) is 0 Å². The van der Waals surface area contributed by atoms with Crippen molar-refractivity contribution in [3.05, 3.63) is 0 Å². The lowest BCUT2D eigenvalue weighted by Crippen LogP contribution is -2.43. The van der Waals surface area contributed by atoms with Gasteiger partial charge >= 0.3 is 5.97 Å². The number of carbonyl (C=O) groups is 1. The second-order valence-electron chi connectivity index (χ2n) is 6.95. The molecule has 2 fully saturated rings. The maximum Gasteiger partial charge on any atom is 0.306 e. The lowest BCUT2D eigenvalue weighted by atomic mass is 9.77. The third-order valence-corrected chi connectivity index (χ3v) is 4.93. The molecule has 2 unspecified atom stereocenters. The number of rotatable bonds is 3. The van der Waals surface area contributed by atoms with Crippen LogP contribution in [0.1, 0.15) is 52.4 Å². The maximum atomic E-state index is 11.3. The van der Waals surface area contributed by atoms with E-state index in [1.54, 1.807) is 0 Å². The summed E-state index contributed by atoms with van der Waals surface area (Å²) in [5, 5.41) is 9.30. The summed E-state index contributed by atoms with van der Waals surface area (Å²) in [6, 6.07) is 0. The summed E-state index contributed by atoms with van der Waals surface area (Å²) in [7, 11) is 0. The van der Waals surface area contributed by atoms with Gasteiger partial charge in [-0.25, -0.2) is 0 Å². The third-order valence-electron chi connectivity index (χ3n) is 4.93. The van der Waals surface area contributed by atoms with Gasteiger partial charge in [0.25, 0.3) is 0 Å². The van der Waals surface area contributed by atoms with Crippen molar-refractivity contribution in [3.8, 4) is 0 Å². The molecule has 0 spiro atoms. The highest BCUT2D eigenvalue weighted by Gasteiger charge is 2.33. The summed E-state index contributed by atoms with van der Waals surface area (Å²) < 4.78 is 0. The van der Waals surface area contributed by atoms with Crippen LogP contribution in [0.3, 0.4) is 0 Å². The van der Waals surface area contributed by atoms with Gasteiger partial charge in [-0.15, -0.1) is 24.8 Å². The molecule has 20 heavy (non-hydrogen) atoms. The van der Waals surface area contributed by atoms with Crippen molar-refractivity contribution in [2.24, 2.45) is 17.3 Å². The molecule has 1 heterocycles. The number of carboxylic acids is 1. The first-order valence-corrected chi connectivity index (χ1v) is 7.43. The molecule has 0 radical (unpaired) electrons. The zero-order valence-electron chi connectivity index (χ0n) is 12.6. The fourth-order valence-electron chi connectivity index (χ4n) is 3.42. The Morgan fingerprint density at radius 3 is 2.25 bits per heavy atom. The molecule has 0 amide bonds. The highest BCUT2D eigenvalue weighted by atomic mass is 35.5. The molecule has 120 valence electrons. The average molecular weight is 326 g/mol. The molecule has 0 aromatic rings. The standard InChI is InChI=1S/C15H27NO2.2ClH/c1-15(2)7-9-16(10-8-15)11-12-5-3-4-6-13(12)14(17)18;;/h12-13H,3-11H2,1-2H3,(H,17,18);2*1H. The predicted molar refractivity (Wildman–Crippen MR) is 87.0 cm³/mol. The van der Waals surface area contributed by atoms with E-state index in [0.717, 1.165) is 38.9 Å². The van der Waals surface area contributed by atoms with Crippen molar-refractivity contribution in [1.82, 2.24) is 4.90 Å². The van der Waals surface area contributed by atoms with Gasteiger partial charge in [-0.2, -0.15) is 0 Å². The van der Waals surface area contributed by atoms with Gasteiger partial charge < -0.3 is 10.0 Å². The molecule has 2 rings (SSSR count). The van der Waals surface area contributed by atoms with E-state index in [-0.39, 0.29) is 30.7 Å². The monoisotopic (exact) mass is 325 g/mol. The van der Waals surface area contributed by atoms with Crippen LogP contribution in [0.25, 0.3) is 0 Å². The quantitative estimate of drug-likeness (QED) is 0.856. The van der Waals surface area contributed by atoms with Gasteiger partial charge in [0.05, 0.1) is 5.92 Å². The molecule has 1 saturated heterocycles. The summed E-state index contributed by atoms with van der Waals surface area (Å²) >= 11 is 0. The second-order valence-corrected chi connectivity index (χ2v) is 6.95. The van der Waals surface area contributed by atoms with Gasteiger partial charge in [-0.05, 0) is 50.1 Å². The van der Waals surface area contributed by atoms with E-state index < -0.39 is 5.97 Å². The number of halogens is 2. The third kappa shape index (κ3) is 5.42. The number of carboxylic acid groups (broad SMARTS) is 1. The van der Waals surface area contributed by atoms with Crippen molar-refractivity contribution >= 4 is 30.8 Å². The zero-order chi connectivity index (χ0) is 13.2. The van der Waals surface area contributed by atoms with Crippen LogP contribution in [0.4, 0.5) is 0 Å². The van der Waals surface area contributed by atoms with E-state index in [4.69, 9.17) is 0 Å². The highest BCUT2D eigenvalue weighted by Crippen LogP contribution is 2.34. The van der Waals surface area contributed by atoms with E-state index in [1.165, 1.54) is 19.3 Å². The van der Waals surface area contributed by atoms with Crippen molar-refractivity contribution in [2.75, 3.05) is 19.6 Å². The molecule has 2 aliphatic rings. The Bertz CT molecular complexity index is 300. The average Bonchev–Trinajstić information content (AvgIpc) is 2.32. The molecule has 1 N–H and O–H groups in total. The van der Waals surface area contributed by atoms with Gasteiger partial charge in [0.2, 0.25) is 0 Å². The Balaban J connectivity index is 0.00000180. The Morgan fingerprint density at radius 2 is 1.70 bits per heavy atom. The SMILES string of the molecule is CC1(C)CCN(CC2CCCCC2C(=O)O)CC1.Cl.Cl. The molecule has 1 aliphatic carbocycles. The van der Waals surface area contributed by atoms with Crippen LogP contribution in [0.2, 0.25) is 0 Å². The van der Waals surface area contributed by atoms with Gasteiger partial charge in [0, 0.05) is 6.54 Å². The van der Waals surface area contributed by atoms with Gasteiger partial charge in [0.1, 0.15) is 0 Å². The summed E-state index contributed by atoms with van der Waals surface area (Å²) in [6.07, 6.45) is 6.80. The number of nitrogens with zero attached hydrogens (tertiary/aromatic N) is 1. The number of piperidine rings is 1. The van der Waals surface area contributed by atoms with E-state index in [1.807, 2.05) is 0 Å². The molecular formula is C15H29Cl2NO2. The fraction of sp³-hybridized carbons (Fsp3) is 0.933. The Hall–Kier alpha value is 0.01000. The lowest BCUT2D eigenvalue weighted by molar-refractivity contribution is -0.145. The number of hydrogen-bond donors (Lipinski definition) is 1. The molecule has 2 atom stereocenters. The zero-order valence-corrected chi connectivity index (χ0v) is 14.3. The normalized spacial score (nSPS) is 29.9. The van der Waals surface area contributed by atoms with Crippen molar-refractivity contribution in [3.63, 3.8) is 0 Å². The largest absolute Gasteiger partial charge is 0.481 e. The highest BCUT2D eigenvalue weighted by molar-refractivity contribution is 5.85. The molecule has 3 nitrogen and oxygen atoms in total. The summed E-state index contributed by atoms with van der Waals surface area (Å²) in [5.41, 5.74) is 0.481. The van der Waals surface area contributed by atoms with Crippen molar-refractivity contribution in [2.45, 2.75) is 52.4 Å². The summed E-state index contributed by atoms with van der Waals surface area (Å²) in [5.74, 6) is -0.275. The number of hydrogen-bond acceptors (Lipinski definition) is 2. The minimum Gasteiger partial charge on any atom is -0.481 e.